The van der Waals surface area contributed by atoms with E-state index in [1.807, 2.05) is 10.7 Å². The van der Waals surface area contributed by atoms with E-state index in [0.29, 0.717) is 25.3 Å². The van der Waals surface area contributed by atoms with Crippen molar-refractivity contribution in [2.45, 2.75) is 25.2 Å². The Labute approximate surface area is 144 Å². The first kappa shape index (κ1) is 15.8. The van der Waals surface area contributed by atoms with Gasteiger partial charge in [-0.1, -0.05) is 23.4 Å². The molecule has 0 aliphatic carbocycles. The van der Waals surface area contributed by atoms with Crippen molar-refractivity contribution < 1.29 is 14.3 Å². The summed E-state index contributed by atoms with van der Waals surface area (Å²) in [4.78, 5) is 26.2. The van der Waals surface area contributed by atoms with Crippen molar-refractivity contribution in [3.8, 4) is 0 Å². The predicted octanol–water partition coefficient (Wildman–Crippen LogP) is 0.380. The van der Waals surface area contributed by atoms with Crippen LogP contribution in [0.5, 0.6) is 0 Å². The Morgan fingerprint density at radius 3 is 2.96 bits per heavy atom. The van der Waals surface area contributed by atoms with Gasteiger partial charge < -0.3 is 15.0 Å². The molecule has 0 unspecified atom stereocenters. The number of piperidine rings is 1. The summed E-state index contributed by atoms with van der Waals surface area (Å²) < 4.78 is 7.77. The van der Waals surface area contributed by atoms with Crippen LogP contribution in [0.2, 0.25) is 0 Å². The molecule has 8 heteroatoms. The molecule has 1 aromatic heterocycles. The summed E-state index contributed by atoms with van der Waals surface area (Å²) in [6.07, 6.45) is 2.39. The molecule has 1 aromatic carbocycles. The van der Waals surface area contributed by atoms with Crippen molar-refractivity contribution >= 4 is 11.8 Å². The lowest BCUT2D eigenvalue weighted by atomic mass is 10.00. The average Bonchev–Trinajstić information content (AvgIpc) is 3.15. The number of carbonyl (C=O) groups is 2. The minimum atomic E-state index is -0.245. The SMILES string of the molecule is O=C(NCC(=O)N1CC[C@H]2[C@H](C1)OCc1cnnn12)c1ccccc1. The van der Waals surface area contributed by atoms with Crippen LogP contribution in [-0.4, -0.2) is 57.4 Å². The first-order valence-electron chi connectivity index (χ1n) is 8.34. The van der Waals surface area contributed by atoms with E-state index in [2.05, 4.69) is 15.6 Å². The number of nitrogens with zero attached hydrogens (tertiary/aromatic N) is 4. The molecule has 25 heavy (non-hydrogen) atoms. The van der Waals surface area contributed by atoms with Crippen LogP contribution in [0, 0.1) is 0 Å². The quantitative estimate of drug-likeness (QED) is 0.872. The van der Waals surface area contributed by atoms with Gasteiger partial charge in [0.25, 0.3) is 5.91 Å². The van der Waals surface area contributed by atoms with E-state index in [1.165, 1.54) is 0 Å². The van der Waals surface area contributed by atoms with Gasteiger partial charge in [-0.15, -0.1) is 5.10 Å². The van der Waals surface area contributed by atoms with Gasteiger partial charge in [-0.05, 0) is 18.6 Å². The maximum absolute atomic E-state index is 12.4. The van der Waals surface area contributed by atoms with Crippen molar-refractivity contribution in [3.63, 3.8) is 0 Å². The van der Waals surface area contributed by atoms with Crippen LogP contribution in [0.25, 0.3) is 0 Å². The topological polar surface area (TPSA) is 89.3 Å². The standard InChI is InChI=1S/C17H19N5O3/c23-16(9-18-17(24)12-4-2-1-3-5-12)21-7-6-14-15(10-21)25-11-13-8-19-20-22(13)14/h1-5,8,14-15H,6-7,9-11H2,(H,18,24)/t14-,15-/m0/s1. The first-order valence-corrected chi connectivity index (χ1v) is 8.34. The fourth-order valence-electron chi connectivity index (χ4n) is 3.37. The maximum atomic E-state index is 12.4. The van der Waals surface area contributed by atoms with Gasteiger partial charge in [-0.3, -0.25) is 9.59 Å². The predicted molar refractivity (Wildman–Crippen MR) is 87.6 cm³/mol. The molecule has 2 atom stereocenters. The fourth-order valence-corrected chi connectivity index (χ4v) is 3.37. The van der Waals surface area contributed by atoms with Crippen molar-refractivity contribution in [2.75, 3.05) is 19.6 Å². The highest BCUT2D eigenvalue weighted by Crippen LogP contribution is 2.30. The smallest absolute Gasteiger partial charge is 0.251 e. The highest BCUT2D eigenvalue weighted by Gasteiger charge is 2.37. The molecule has 0 bridgehead atoms. The molecule has 2 aliphatic heterocycles. The van der Waals surface area contributed by atoms with E-state index in [4.69, 9.17) is 4.74 Å². The van der Waals surface area contributed by atoms with Crippen molar-refractivity contribution in [2.24, 2.45) is 0 Å². The van der Waals surface area contributed by atoms with Crippen LogP contribution >= 0.6 is 0 Å². The van der Waals surface area contributed by atoms with Crippen LogP contribution in [0.1, 0.15) is 28.5 Å². The molecule has 8 nitrogen and oxygen atoms in total. The Bertz CT molecular complexity index is 776. The third-order valence-corrected chi connectivity index (χ3v) is 4.72. The second-order valence-corrected chi connectivity index (χ2v) is 6.26. The van der Waals surface area contributed by atoms with Crippen LogP contribution in [-0.2, 0) is 16.1 Å². The number of carbonyl (C=O) groups excluding carboxylic acids is 2. The number of rotatable bonds is 3. The number of hydrogen-bond acceptors (Lipinski definition) is 5. The van der Waals surface area contributed by atoms with Gasteiger partial charge >= 0.3 is 0 Å². The number of likely N-dealkylation sites (tertiary alicyclic amines) is 1. The molecular weight excluding hydrogens is 322 g/mol. The van der Waals surface area contributed by atoms with Gasteiger partial charge in [0.1, 0.15) is 0 Å². The van der Waals surface area contributed by atoms with E-state index in [-0.39, 0.29) is 30.5 Å². The number of fused-ring (bicyclic) bond motifs is 3. The Hall–Kier alpha value is -2.74. The zero-order valence-electron chi connectivity index (χ0n) is 13.7. The van der Waals surface area contributed by atoms with Crippen molar-refractivity contribution in [1.82, 2.24) is 25.2 Å². The summed E-state index contributed by atoms with van der Waals surface area (Å²) in [6, 6.07) is 8.99. The largest absolute Gasteiger partial charge is 0.368 e. The van der Waals surface area contributed by atoms with Crippen LogP contribution in [0.15, 0.2) is 36.5 Å². The Balaban J connectivity index is 1.33. The summed E-state index contributed by atoms with van der Waals surface area (Å²) >= 11 is 0. The molecule has 0 saturated carbocycles. The molecule has 0 spiro atoms. The Morgan fingerprint density at radius 1 is 1.28 bits per heavy atom. The summed E-state index contributed by atoms with van der Waals surface area (Å²) in [5, 5.41) is 10.7. The van der Waals surface area contributed by atoms with E-state index in [0.717, 1.165) is 12.1 Å². The summed E-state index contributed by atoms with van der Waals surface area (Å²) in [7, 11) is 0. The number of hydrogen-bond donors (Lipinski definition) is 1. The van der Waals surface area contributed by atoms with Gasteiger partial charge in [0.05, 0.1) is 37.2 Å². The van der Waals surface area contributed by atoms with E-state index >= 15 is 0 Å². The molecule has 3 heterocycles. The lowest BCUT2D eigenvalue weighted by Gasteiger charge is -2.40. The molecule has 0 radical (unpaired) electrons. The lowest BCUT2D eigenvalue weighted by Crippen LogP contribution is -2.52. The highest BCUT2D eigenvalue weighted by molar-refractivity contribution is 5.96. The van der Waals surface area contributed by atoms with Crippen molar-refractivity contribution in [1.29, 1.82) is 0 Å². The molecule has 130 valence electrons. The Kier molecular flexibility index (Phi) is 4.19. The Morgan fingerprint density at radius 2 is 2.12 bits per heavy atom. The fraction of sp³-hybridized carbons (Fsp3) is 0.412. The monoisotopic (exact) mass is 341 g/mol. The van der Waals surface area contributed by atoms with E-state index in [1.54, 1.807) is 35.4 Å². The lowest BCUT2D eigenvalue weighted by molar-refractivity contribution is -0.138. The maximum Gasteiger partial charge on any atom is 0.251 e. The second-order valence-electron chi connectivity index (χ2n) is 6.26. The molecule has 2 aromatic rings. The van der Waals surface area contributed by atoms with Gasteiger partial charge in [-0.2, -0.15) is 0 Å². The van der Waals surface area contributed by atoms with Gasteiger partial charge in [-0.25, -0.2) is 4.68 Å². The van der Waals surface area contributed by atoms with Crippen LogP contribution < -0.4 is 5.32 Å². The molecule has 2 amide bonds. The van der Waals surface area contributed by atoms with Gasteiger partial charge in [0, 0.05) is 18.7 Å². The summed E-state index contributed by atoms with van der Waals surface area (Å²) in [5.41, 5.74) is 1.51. The number of amides is 2. The van der Waals surface area contributed by atoms with Crippen LogP contribution in [0.3, 0.4) is 0 Å². The molecule has 1 saturated heterocycles. The zero-order chi connectivity index (χ0) is 17.2. The number of aromatic nitrogens is 3. The summed E-state index contributed by atoms with van der Waals surface area (Å²) in [6.45, 7) is 1.56. The highest BCUT2D eigenvalue weighted by atomic mass is 16.5. The molecule has 1 N–H and O–H groups in total. The minimum absolute atomic E-state index is 0.0142. The molecule has 1 fully saturated rings. The third kappa shape index (κ3) is 3.12. The number of ether oxygens (including phenoxy) is 1. The normalized spacial score (nSPS) is 22.0. The van der Waals surface area contributed by atoms with Gasteiger partial charge in [0.2, 0.25) is 5.91 Å². The second kappa shape index (κ2) is 6.64. The number of nitrogens with one attached hydrogen (secondary N) is 1. The van der Waals surface area contributed by atoms with Gasteiger partial charge in [0.15, 0.2) is 0 Å². The molecule has 4 rings (SSSR count). The third-order valence-electron chi connectivity index (χ3n) is 4.72. The van der Waals surface area contributed by atoms with E-state index < -0.39 is 0 Å². The average molecular weight is 341 g/mol. The minimum Gasteiger partial charge on any atom is -0.368 e. The van der Waals surface area contributed by atoms with Crippen molar-refractivity contribution in [3.05, 3.63) is 47.8 Å². The molecule has 2 aliphatic rings. The van der Waals surface area contributed by atoms with E-state index in [9.17, 15) is 9.59 Å². The first-order chi connectivity index (χ1) is 12.2. The number of benzene rings is 1. The molecular formula is C17H19N5O3. The zero-order valence-corrected chi connectivity index (χ0v) is 13.7. The van der Waals surface area contributed by atoms with Crippen LogP contribution in [0.4, 0.5) is 0 Å². The summed E-state index contributed by atoms with van der Waals surface area (Å²) in [5.74, 6) is -0.347.